The molecule has 1 aromatic carbocycles. The number of amides is 1. The zero-order valence-electron chi connectivity index (χ0n) is 14.1. The Labute approximate surface area is 154 Å². The maximum Gasteiger partial charge on any atom is 0.259 e. The van der Waals surface area contributed by atoms with Crippen molar-refractivity contribution < 1.29 is 9.35 Å². The van der Waals surface area contributed by atoms with E-state index in [0.717, 1.165) is 24.3 Å². The van der Waals surface area contributed by atoms with Crippen LogP contribution in [0.1, 0.15) is 23.2 Å². The number of nitrogens with two attached hydrogens (primary N) is 1. The van der Waals surface area contributed by atoms with Gasteiger partial charge in [-0.3, -0.25) is 4.79 Å². The molecule has 0 spiro atoms. The van der Waals surface area contributed by atoms with Crippen LogP contribution in [0.15, 0.2) is 53.7 Å². The smallest absolute Gasteiger partial charge is 0.259 e. The molecule has 8 heteroatoms. The van der Waals surface area contributed by atoms with Gasteiger partial charge in [-0.1, -0.05) is 0 Å². The molecule has 3 N–H and O–H groups in total. The lowest BCUT2D eigenvalue weighted by Gasteiger charge is -2.17. The van der Waals surface area contributed by atoms with Gasteiger partial charge >= 0.3 is 0 Å². The van der Waals surface area contributed by atoms with Crippen LogP contribution in [0.5, 0.6) is 0 Å². The molecule has 0 radical (unpaired) electrons. The highest BCUT2D eigenvalue weighted by Gasteiger charge is 2.17. The van der Waals surface area contributed by atoms with Gasteiger partial charge in [-0.05, 0) is 49.2 Å². The van der Waals surface area contributed by atoms with Crippen LogP contribution in [-0.2, 0) is 11.4 Å². The van der Waals surface area contributed by atoms with Crippen molar-refractivity contribution in [3.63, 3.8) is 0 Å². The third kappa shape index (κ3) is 3.26. The van der Waals surface area contributed by atoms with Gasteiger partial charge in [0, 0.05) is 30.7 Å². The summed E-state index contributed by atoms with van der Waals surface area (Å²) in [4.78, 5) is 15.5. The molecule has 1 fully saturated rings. The highest BCUT2D eigenvalue weighted by molar-refractivity contribution is 7.89. The number of hydrogen-bond acceptors (Lipinski definition) is 5. The summed E-state index contributed by atoms with van der Waals surface area (Å²) in [5, 5.41) is 12.5. The average molecular weight is 369 g/mol. The standard InChI is InChI=1S/C18H19N5O2S/c19-26(25)15-5-3-13(4-6-15)21-18(24)16-12-20-23-10-7-14(11-17(16)23)22-8-1-2-9-22/h3-7,10-12H,1-2,8-9,19H2,(H,21,24). The molecule has 1 aliphatic heterocycles. The molecule has 26 heavy (non-hydrogen) atoms. The summed E-state index contributed by atoms with van der Waals surface area (Å²) in [6.07, 6.45) is 5.84. The minimum absolute atomic E-state index is 0.236. The van der Waals surface area contributed by atoms with Crippen molar-refractivity contribution in [2.75, 3.05) is 23.3 Å². The fourth-order valence-corrected chi connectivity index (χ4v) is 3.59. The zero-order chi connectivity index (χ0) is 18.1. The van der Waals surface area contributed by atoms with E-state index >= 15 is 0 Å². The first-order valence-electron chi connectivity index (χ1n) is 8.42. The molecule has 3 aromatic rings. The van der Waals surface area contributed by atoms with Crippen LogP contribution in [-0.4, -0.2) is 33.2 Å². The van der Waals surface area contributed by atoms with Crippen molar-refractivity contribution in [3.8, 4) is 0 Å². The first kappa shape index (κ1) is 16.9. The number of hydrogen-bond donors (Lipinski definition) is 2. The Balaban J connectivity index is 1.58. The Morgan fingerprint density at radius 1 is 1.19 bits per heavy atom. The summed E-state index contributed by atoms with van der Waals surface area (Å²) >= 11 is -1.53. The number of benzene rings is 1. The molecule has 0 saturated carbocycles. The lowest BCUT2D eigenvalue weighted by Crippen LogP contribution is -2.18. The molecule has 4 rings (SSSR count). The number of rotatable bonds is 4. The van der Waals surface area contributed by atoms with E-state index in [1.54, 1.807) is 35.0 Å². The lowest BCUT2D eigenvalue weighted by atomic mass is 10.2. The Morgan fingerprint density at radius 3 is 2.62 bits per heavy atom. The second-order valence-electron chi connectivity index (χ2n) is 6.24. The van der Waals surface area contributed by atoms with Gasteiger partial charge in [-0.2, -0.15) is 5.10 Å². The van der Waals surface area contributed by atoms with Gasteiger partial charge < -0.3 is 14.8 Å². The monoisotopic (exact) mass is 369 g/mol. The summed E-state index contributed by atoms with van der Waals surface area (Å²) in [6, 6.07) is 10.7. The van der Waals surface area contributed by atoms with E-state index in [4.69, 9.17) is 5.14 Å². The van der Waals surface area contributed by atoms with Crippen molar-refractivity contribution in [2.45, 2.75) is 17.7 Å². The minimum atomic E-state index is -1.53. The van der Waals surface area contributed by atoms with Gasteiger partial charge in [-0.25, -0.2) is 4.52 Å². The molecule has 1 atom stereocenters. The number of carbonyl (C=O) groups excluding carboxylic acids is 1. The van der Waals surface area contributed by atoms with Crippen molar-refractivity contribution in [3.05, 3.63) is 54.4 Å². The molecule has 3 heterocycles. The summed E-state index contributed by atoms with van der Waals surface area (Å²) in [5.41, 5.74) is 3.00. The lowest BCUT2D eigenvalue weighted by molar-refractivity contribution is 0.102. The van der Waals surface area contributed by atoms with Crippen molar-refractivity contribution in [1.29, 1.82) is 0 Å². The van der Waals surface area contributed by atoms with Gasteiger partial charge in [0.1, 0.15) is 0 Å². The first-order chi connectivity index (χ1) is 12.6. The van der Waals surface area contributed by atoms with Crippen LogP contribution in [0, 0.1) is 0 Å². The summed E-state index contributed by atoms with van der Waals surface area (Å²) in [7, 11) is 0. The van der Waals surface area contributed by atoms with Crippen LogP contribution < -0.4 is 15.4 Å². The average Bonchev–Trinajstić information content (AvgIpc) is 3.31. The molecule has 1 unspecified atom stereocenters. The molecular formula is C18H19N5O2S. The molecule has 0 bridgehead atoms. The normalized spacial score (nSPS) is 15.4. The molecule has 1 aliphatic rings. The molecular weight excluding hydrogens is 350 g/mol. The highest BCUT2D eigenvalue weighted by Crippen LogP contribution is 2.24. The number of carbonyl (C=O) groups is 1. The Kier molecular flexibility index (Phi) is 4.54. The number of nitrogens with one attached hydrogen (secondary N) is 1. The van der Waals surface area contributed by atoms with E-state index < -0.39 is 11.4 Å². The molecule has 134 valence electrons. The van der Waals surface area contributed by atoms with Gasteiger partial charge in [-0.15, -0.1) is 5.14 Å². The van der Waals surface area contributed by atoms with Crippen molar-refractivity contribution in [1.82, 2.24) is 9.61 Å². The second-order valence-corrected chi connectivity index (χ2v) is 7.31. The van der Waals surface area contributed by atoms with E-state index in [1.807, 2.05) is 18.3 Å². The van der Waals surface area contributed by atoms with E-state index in [0.29, 0.717) is 16.1 Å². The zero-order valence-corrected chi connectivity index (χ0v) is 14.9. The minimum Gasteiger partial charge on any atom is -0.593 e. The predicted octanol–water partition coefficient (Wildman–Crippen LogP) is 2.17. The molecule has 0 aliphatic carbocycles. The molecule has 2 aromatic heterocycles. The third-order valence-corrected chi connectivity index (χ3v) is 5.30. The summed E-state index contributed by atoms with van der Waals surface area (Å²) < 4.78 is 12.9. The van der Waals surface area contributed by atoms with E-state index in [2.05, 4.69) is 15.3 Å². The van der Waals surface area contributed by atoms with Crippen LogP contribution >= 0.6 is 0 Å². The van der Waals surface area contributed by atoms with Crippen LogP contribution in [0.3, 0.4) is 0 Å². The van der Waals surface area contributed by atoms with E-state index in [-0.39, 0.29) is 5.91 Å². The van der Waals surface area contributed by atoms with Crippen LogP contribution in [0.25, 0.3) is 5.52 Å². The first-order valence-corrected chi connectivity index (χ1v) is 9.63. The van der Waals surface area contributed by atoms with E-state index in [1.165, 1.54) is 12.8 Å². The SMILES string of the molecule is N[S+]([O-])c1ccc(NC(=O)c2cnn3ccc(N4CCCC4)cc23)cc1. The quantitative estimate of drug-likeness (QED) is 0.687. The van der Waals surface area contributed by atoms with Crippen molar-refractivity contribution in [2.24, 2.45) is 5.14 Å². The topological polar surface area (TPSA) is 98.7 Å². The number of anilines is 2. The Hall–Kier alpha value is -2.55. The third-order valence-electron chi connectivity index (χ3n) is 4.57. The van der Waals surface area contributed by atoms with Crippen LogP contribution in [0.4, 0.5) is 11.4 Å². The maximum atomic E-state index is 12.7. The number of fused-ring (bicyclic) bond motifs is 1. The number of pyridine rings is 1. The van der Waals surface area contributed by atoms with E-state index in [9.17, 15) is 9.35 Å². The summed E-state index contributed by atoms with van der Waals surface area (Å²) in [5.74, 6) is -0.236. The van der Waals surface area contributed by atoms with Crippen molar-refractivity contribution >= 4 is 34.2 Å². The Bertz CT molecular complexity index is 932. The molecule has 7 nitrogen and oxygen atoms in total. The number of nitrogens with zero attached hydrogens (tertiary/aromatic N) is 3. The van der Waals surface area contributed by atoms with Crippen LogP contribution in [0.2, 0.25) is 0 Å². The second kappa shape index (κ2) is 6.99. The fourth-order valence-electron chi connectivity index (χ4n) is 3.19. The van der Waals surface area contributed by atoms with Gasteiger partial charge in [0.15, 0.2) is 4.90 Å². The maximum absolute atomic E-state index is 12.7. The summed E-state index contributed by atoms with van der Waals surface area (Å²) in [6.45, 7) is 2.08. The fraction of sp³-hybridized carbons (Fsp3) is 0.222. The number of aromatic nitrogens is 2. The van der Waals surface area contributed by atoms with Gasteiger partial charge in [0.05, 0.1) is 28.6 Å². The largest absolute Gasteiger partial charge is 0.593 e. The molecule has 1 amide bonds. The highest BCUT2D eigenvalue weighted by atomic mass is 32.2. The predicted molar refractivity (Wildman–Crippen MR) is 102 cm³/mol. The van der Waals surface area contributed by atoms with Gasteiger partial charge in [0.25, 0.3) is 5.91 Å². The Morgan fingerprint density at radius 2 is 1.92 bits per heavy atom. The van der Waals surface area contributed by atoms with Gasteiger partial charge in [0.2, 0.25) is 0 Å². The molecule has 1 saturated heterocycles.